The van der Waals surface area contributed by atoms with Gasteiger partial charge in [0, 0.05) is 12.6 Å². The Morgan fingerprint density at radius 1 is 1.60 bits per heavy atom. The van der Waals surface area contributed by atoms with Gasteiger partial charge in [-0.2, -0.15) is 18.4 Å². The van der Waals surface area contributed by atoms with Crippen LogP contribution in [0.4, 0.5) is 18.0 Å². The van der Waals surface area contributed by atoms with Crippen LogP contribution in [0.3, 0.4) is 0 Å². The van der Waals surface area contributed by atoms with Crippen molar-refractivity contribution < 1.29 is 23.1 Å². The summed E-state index contributed by atoms with van der Waals surface area (Å²) in [5.74, 6) is -1.65. The van der Waals surface area contributed by atoms with Crippen molar-refractivity contribution in [3.63, 3.8) is 0 Å². The van der Waals surface area contributed by atoms with Gasteiger partial charge in [0.2, 0.25) is 0 Å². The molecule has 1 heterocycles. The van der Waals surface area contributed by atoms with Gasteiger partial charge in [-0.05, 0) is 6.42 Å². The Kier molecular flexibility index (Phi) is 3.07. The summed E-state index contributed by atoms with van der Waals surface area (Å²) in [6.45, 7) is -0.564. The average molecular weight is 222 g/mol. The highest BCUT2D eigenvalue weighted by Crippen LogP contribution is 2.37. The molecule has 2 unspecified atom stereocenters. The number of rotatable bonds is 1. The quantitative estimate of drug-likeness (QED) is 0.736. The van der Waals surface area contributed by atoms with Crippen molar-refractivity contribution in [2.24, 2.45) is 5.92 Å². The first-order valence-corrected chi connectivity index (χ1v) is 4.29. The van der Waals surface area contributed by atoms with Crippen molar-refractivity contribution in [2.45, 2.75) is 25.1 Å². The maximum Gasteiger partial charge on any atom is 0.407 e. The first-order valence-electron chi connectivity index (χ1n) is 4.29. The highest BCUT2D eigenvalue weighted by atomic mass is 19.4. The molecular formula is C8H9F3N2O2. The fourth-order valence-corrected chi connectivity index (χ4v) is 1.69. The number of nitriles is 1. The van der Waals surface area contributed by atoms with Gasteiger partial charge in [-0.25, -0.2) is 4.79 Å². The number of hydrogen-bond acceptors (Lipinski definition) is 2. The van der Waals surface area contributed by atoms with E-state index in [2.05, 4.69) is 0 Å². The predicted octanol–water partition coefficient (Wildman–Crippen LogP) is 1.83. The molecule has 0 aliphatic carbocycles. The fourth-order valence-electron chi connectivity index (χ4n) is 1.69. The lowest BCUT2D eigenvalue weighted by Gasteiger charge is -2.18. The number of nitrogens with zero attached hydrogens (tertiary/aromatic N) is 2. The van der Waals surface area contributed by atoms with Crippen LogP contribution in [0.5, 0.6) is 0 Å². The number of alkyl halides is 3. The summed E-state index contributed by atoms with van der Waals surface area (Å²) >= 11 is 0. The summed E-state index contributed by atoms with van der Waals surface area (Å²) in [6, 6.07) is 0.860. The molecule has 15 heavy (non-hydrogen) atoms. The smallest absolute Gasteiger partial charge is 0.407 e. The minimum atomic E-state index is -4.39. The number of amides is 1. The van der Waals surface area contributed by atoms with Crippen molar-refractivity contribution in [3.8, 4) is 6.07 Å². The number of carbonyl (C=O) groups is 1. The van der Waals surface area contributed by atoms with Gasteiger partial charge < -0.3 is 10.0 Å². The molecule has 1 fully saturated rings. The van der Waals surface area contributed by atoms with Gasteiger partial charge in [-0.3, -0.25) is 0 Å². The van der Waals surface area contributed by atoms with E-state index >= 15 is 0 Å². The zero-order valence-electron chi connectivity index (χ0n) is 7.66. The summed E-state index contributed by atoms with van der Waals surface area (Å²) in [5, 5.41) is 17.0. The number of carboxylic acid groups (broad SMARTS) is 1. The Morgan fingerprint density at radius 2 is 2.20 bits per heavy atom. The normalized spacial score (nSPS) is 26.4. The zero-order chi connectivity index (χ0) is 11.6. The van der Waals surface area contributed by atoms with Crippen LogP contribution in [0.1, 0.15) is 12.8 Å². The molecule has 0 spiro atoms. The highest BCUT2D eigenvalue weighted by Gasteiger charge is 2.48. The van der Waals surface area contributed by atoms with Crippen LogP contribution in [0.15, 0.2) is 0 Å². The molecule has 0 saturated carbocycles. The van der Waals surface area contributed by atoms with E-state index in [-0.39, 0.29) is 12.8 Å². The Morgan fingerprint density at radius 3 is 2.60 bits per heavy atom. The Balaban J connectivity index is 2.74. The molecule has 84 valence electrons. The fraction of sp³-hybridized carbons (Fsp3) is 0.750. The number of likely N-dealkylation sites (tertiary alicyclic amines) is 1. The molecule has 1 aliphatic heterocycles. The minimum Gasteiger partial charge on any atom is -0.465 e. The number of hydrogen-bond donors (Lipinski definition) is 1. The van der Waals surface area contributed by atoms with Gasteiger partial charge in [-0.15, -0.1) is 0 Å². The lowest BCUT2D eigenvalue weighted by atomic mass is 10.0. The minimum absolute atomic E-state index is 0.196. The molecule has 0 radical (unpaired) electrons. The molecule has 4 nitrogen and oxygen atoms in total. The molecular weight excluding hydrogens is 213 g/mol. The second-order valence-electron chi connectivity index (χ2n) is 3.43. The van der Waals surface area contributed by atoms with E-state index in [1.165, 1.54) is 0 Å². The van der Waals surface area contributed by atoms with Crippen molar-refractivity contribution in [1.82, 2.24) is 4.90 Å². The van der Waals surface area contributed by atoms with Gasteiger partial charge in [0.05, 0.1) is 18.4 Å². The zero-order valence-corrected chi connectivity index (χ0v) is 7.66. The lowest BCUT2D eigenvalue weighted by Crippen LogP contribution is -2.35. The largest absolute Gasteiger partial charge is 0.465 e. The Bertz CT molecular complexity index is 297. The predicted molar refractivity (Wildman–Crippen MR) is 42.9 cm³/mol. The maximum absolute atomic E-state index is 12.3. The summed E-state index contributed by atoms with van der Waals surface area (Å²) in [7, 11) is 0. The van der Waals surface area contributed by atoms with Gasteiger partial charge in [0.25, 0.3) is 0 Å². The van der Waals surface area contributed by atoms with Crippen LogP contribution in [0.25, 0.3) is 0 Å². The Labute approximate surface area is 83.9 Å². The number of halogens is 3. The van der Waals surface area contributed by atoms with E-state index in [9.17, 15) is 18.0 Å². The van der Waals surface area contributed by atoms with E-state index in [1.54, 1.807) is 6.07 Å². The molecule has 7 heteroatoms. The monoisotopic (exact) mass is 222 g/mol. The maximum atomic E-state index is 12.3. The van der Waals surface area contributed by atoms with Gasteiger partial charge in [-0.1, -0.05) is 0 Å². The van der Waals surface area contributed by atoms with E-state index in [1.807, 2.05) is 0 Å². The second-order valence-corrected chi connectivity index (χ2v) is 3.43. The Hall–Kier alpha value is -1.45. The summed E-state index contributed by atoms with van der Waals surface area (Å²) in [4.78, 5) is 11.3. The van der Waals surface area contributed by atoms with Crippen molar-refractivity contribution in [1.29, 1.82) is 5.26 Å². The second kappa shape index (κ2) is 3.96. The standard InChI is InChI=1S/C8H9F3N2O2/c9-8(10,11)5-3-6(1-2-12)13(4-5)7(14)15/h5-6H,1,3-4H2,(H,14,15). The van der Waals surface area contributed by atoms with Crippen LogP contribution in [0, 0.1) is 17.2 Å². The van der Waals surface area contributed by atoms with Gasteiger partial charge >= 0.3 is 12.3 Å². The molecule has 2 atom stereocenters. The molecule has 0 aromatic heterocycles. The van der Waals surface area contributed by atoms with Crippen molar-refractivity contribution in [2.75, 3.05) is 6.54 Å². The third-order valence-corrected chi connectivity index (χ3v) is 2.45. The van der Waals surface area contributed by atoms with Gasteiger partial charge in [0.1, 0.15) is 0 Å². The third-order valence-electron chi connectivity index (χ3n) is 2.45. The summed E-state index contributed by atoms with van der Waals surface area (Å²) < 4.78 is 36.9. The van der Waals surface area contributed by atoms with Gasteiger partial charge in [0.15, 0.2) is 0 Å². The molecule has 1 N–H and O–H groups in total. The van der Waals surface area contributed by atoms with Crippen molar-refractivity contribution >= 4 is 6.09 Å². The molecule has 0 aromatic carbocycles. The molecule has 0 bridgehead atoms. The molecule has 1 aliphatic rings. The first-order chi connectivity index (χ1) is 6.86. The highest BCUT2D eigenvalue weighted by molar-refractivity contribution is 5.66. The van der Waals surface area contributed by atoms with E-state index in [4.69, 9.17) is 10.4 Å². The van der Waals surface area contributed by atoms with Crippen LogP contribution in [-0.4, -0.2) is 34.9 Å². The molecule has 1 saturated heterocycles. The van der Waals surface area contributed by atoms with Crippen LogP contribution >= 0.6 is 0 Å². The average Bonchev–Trinajstić information content (AvgIpc) is 2.48. The van der Waals surface area contributed by atoms with E-state index in [0.717, 1.165) is 0 Å². The van der Waals surface area contributed by atoms with Crippen LogP contribution in [-0.2, 0) is 0 Å². The van der Waals surface area contributed by atoms with Crippen molar-refractivity contribution in [3.05, 3.63) is 0 Å². The SMILES string of the molecule is N#CCC1CC(C(F)(F)F)CN1C(=O)O. The molecule has 1 amide bonds. The third kappa shape index (κ3) is 2.52. The van der Waals surface area contributed by atoms with Crippen LogP contribution in [0.2, 0.25) is 0 Å². The topological polar surface area (TPSA) is 64.3 Å². The molecule has 0 aromatic rings. The van der Waals surface area contributed by atoms with E-state index < -0.39 is 30.8 Å². The van der Waals surface area contributed by atoms with Crippen LogP contribution < -0.4 is 0 Å². The molecule has 1 rings (SSSR count). The summed E-state index contributed by atoms with van der Waals surface area (Å²) in [5.41, 5.74) is 0. The summed E-state index contributed by atoms with van der Waals surface area (Å²) in [6.07, 6.45) is -6.30. The first kappa shape index (κ1) is 11.6. The van der Waals surface area contributed by atoms with E-state index in [0.29, 0.717) is 4.90 Å². The lowest BCUT2D eigenvalue weighted by molar-refractivity contribution is -0.170.